The molecule has 72 valence electrons. The van der Waals surface area contributed by atoms with Crippen molar-refractivity contribution in [3.05, 3.63) is 59.7 Å². The van der Waals surface area contributed by atoms with Crippen LogP contribution in [-0.2, 0) is 13.0 Å². The van der Waals surface area contributed by atoms with E-state index in [1.807, 2.05) is 6.07 Å². The molecule has 0 aromatic heterocycles. The third-order valence-corrected chi connectivity index (χ3v) is 2.62. The minimum absolute atomic E-state index is 0.558. The first-order chi connectivity index (χ1) is 6.90. The first-order valence-corrected chi connectivity index (χ1v) is 5.02. The van der Waals surface area contributed by atoms with Gasteiger partial charge in [0, 0.05) is 6.54 Å². The van der Waals surface area contributed by atoms with Crippen LogP contribution in [0.2, 0.25) is 0 Å². The summed E-state index contributed by atoms with van der Waals surface area (Å²) in [6.07, 6.45) is 9.74. The molecule has 1 nitrogen and oxygen atoms in total. The molecule has 0 aliphatic heterocycles. The Balaban J connectivity index is 2.15. The normalized spacial score (nSPS) is 15.2. The van der Waals surface area contributed by atoms with Crippen molar-refractivity contribution in [2.45, 2.75) is 13.0 Å². The van der Waals surface area contributed by atoms with Crippen LogP contribution in [0.15, 0.2) is 48.6 Å². The van der Waals surface area contributed by atoms with Gasteiger partial charge in [-0.25, -0.2) is 0 Å². The Kier molecular flexibility index (Phi) is 2.80. The first kappa shape index (κ1) is 9.22. The van der Waals surface area contributed by atoms with Gasteiger partial charge in [0.25, 0.3) is 0 Å². The lowest BCUT2D eigenvalue weighted by molar-refractivity contribution is 0.802. The molecule has 1 aromatic rings. The van der Waals surface area contributed by atoms with E-state index in [4.69, 9.17) is 5.73 Å². The Morgan fingerprint density at radius 2 is 1.64 bits per heavy atom. The second-order valence-electron chi connectivity index (χ2n) is 3.61. The van der Waals surface area contributed by atoms with Gasteiger partial charge in [0.1, 0.15) is 0 Å². The Bertz CT molecular complexity index is 351. The van der Waals surface area contributed by atoms with E-state index in [1.165, 1.54) is 11.1 Å². The van der Waals surface area contributed by atoms with Gasteiger partial charge in [0.05, 0.1) is 0 Å². The second kappa shape index (κ2) is 4.25. The summed E-state index contributed by atoms with van der Waals surface area (Å²) < 4.78 is 0. The number of nitrogens with two attached hydrogens (primary N) is 1. The van der Waals surface area contributed by atoms with Gasteiger partial charge in [0.15, 0.2) is 0 Å². The van der Waals surface area contributed by atoms with Crippen molar-refractivity contribution in [2.24, 2.45) is 11.7 Å². The number of hydrogen-bond acceptors (Lipinski definition) is 1. The number of allylic oxidation sites excluding steroid dienone is 4. The molecule has 2 N–H and O–H groups in total. The number of rotatable bonds is 3. The SMILES string of the molecule is NCc1ccccc1CC1C=CC=C1. The molecular formula is C13H15N. The summed E-state index contributed by atoms with van der Waals surface area (Å²) in [5, 5.41) is 0. The molecule has 0 fully saturated rings. The minimum Gasteiger partial charge on any atom is -0.326 e. The zero-order valence-electron chi connectivity index (χ0n) is 8.19. The molecular weight excluding hydrogens is 170 g/mol. The van der Waals surface area contributed by atoms with E-state index in [-0.39, 0.29) is 0 Å². The van der Waals surface area contributed by atoms with Crippen molar-refractivity contribution in [3.8, 4) is 0 Å². The number of hydrogen-bond donors (Lipinski definition) is 1. The summed E-state index contributed by atoms with van der Waals surface area (Å²) in [5.41, 5.74) is 8.33. The molecule has 2 rings (SSSR count). The van der Waals surface area contributed by atoms with Crippen LogP contribution in [-0.4, -0.2) is 0 Å². The summed E-state index contributed by atoms with van der Waals surface area (Å²) in [5.74, 6) is 0.558. The quantitative estimate of drug-likeness (QED) is 0.769. The van der Waals surface area contributed by atoms with Crippen LogP contribution < -0.4 is 5.73 Å². The lowest BCUT2D eigenvalue weighted by Crippen LogP contribution is -2.04. The van der Waals surface area contributed by atoms with Crippen molar-refractivity contribution in [2.75, 3.05) is 0 Å². The molecule has 14 heavy (non-hydrogen) atoms. The molecule has 0 radical (unpaired) electrons. The number of benzene rings is 1. The molecule has 0 saturated heterocycles. The molecule has 1 heteroatoms. The van der Waals surface area contributed by atoms with Crippen molar-refractivity contribution >= 4 is 0 Å². The van der Waals surface area contributed by atoms with Crippen molar-refractivity contribution in [1.29, 1.82) is 0 Å². The zero-order valence-corrected chi connectivity index (χ0v) is 8.19. The summed E-state index contributed by atoms with van der Waals surface area (Å²) >= 11 is 0. The highest BCUT2D eigenvalue weighted by atomic mass is 14.5. The highest BCUT2D eigenvalue weighted by Gasteiger charge is 2.07. The van der Waals surface area contributed by atoms with Crippen LogP contribution in [0.4, 0.5) is 0 Å². The van der Waals surface area contributed by atoms with Crippen LogP contribution in [0.3, 0.4) is 0 Å². The smallest absolute Gasteiger partial charge is 0.0180 e. The summed E-state index contributed by atoms with van der Waals surface area (Å²) in [7, 11) is 0. The standard InChI is InChI=1S/C13H15N/c14-10-13-8-4-3-7-12(13)9-11-5-1-2-6-11/h1-8,11H,9-10,14H2. The van der Waals surface area contributed by atoms with E-state index in [1.54, 1.807) is 0 Å². The van der Waals surface area contributed by atoms with Gasteiger partial charge in [0.2, 0.25) is 0 Å². The van der Waals surface area contributed by atoms with E-state index < -0.39 is 0 Å². The highest BCUT2D eigenvalue weighted by molar-refractivity contribution is 5.30. The van der Waals surface area contributed by atoms with E-state index >= 15 is 0 Å². The van der Waals surface area contributed by atoms with Crippen molar-refractivity contribution in [1.82, 2.24) is 0 Å². The molecule has 0 spiro atoms. The third-order valence-electron chi connectivity index (χ3n) is 2.62. The van der Waals surface area contributed by atoms with Crippen LogP contribution in [0.1, 0.15) is 11.1 Å². The Labute approximate surface area is 84.9 Å². The molecule has 1 aliphatic carbocycles. The van der Waals surface area contributed by atoms with Gasteiger partial charge in [-0.15, -0.1) is 0 Å². The average molecular weight is 185 g/mol. The van der Waals surface area contributed by atoms with Gasteiger partial charge >= 0.3 is 0 Å². The monoisotopic (exact) mass is 185 g/mol. The topological polar surface area (TPSA) is 26.0 Å². The van der Waals surface area contributed by atoms with Gasteiger partial charge in [-0.3, -0.25) is 0 Å². The van der Waals surface area contributed by atoms with E-state index in [0.29, 0.717) is 12.5 Å². The van der Waals surface area contributed by atoms with Crippen LogP contribution in [0.25, 0.3) is 0 Å². The fourth-order valence-electron chi connectivity index (χ4n) is 1.82. The van der Waals surface area contributed by atoms with Crippen molar-refractivity contribution < 1.29 is 0 Å². The molecule has 1 aromatic carbocycles. The maximum Gasteiger partial charge on any atom is 0.0180 e. The van der Waals surface area contributed by atoms with Crippen LogP contribution >= 0.6 is 0 Å². The maximum absolute atomic E-state index is 5.69. The van der Waals surface area contributed by atoms with Crippen LogP contribution in [0.5, 0.6) is 0 Å². The van der Waals surface area contributed by atoms with E-state index in [0.717, 1.165) is 6.42 Å². The lowest BCUT2D eigenvalue weighted by atomic mass is 9.97. The highest BCUT2D eigenvalue weighted by Crippen LogP contribution is 2.18. The zero-order chi connectivity index (χ0) is 9.80. The summed E-state index contributed by atoms with van der Waals surface area (Å²) in [4.78, 5) is 0. The van der Waals surface area contributed by atoms with E-state index in [2.05, 4.69) is 42.5 Å². The first-order valence-electron chi connectivity index (χ1n) is 5.02. The van der Waals surface area contributed by atoms with Gasteiger partial charge < -0.3 is 5.73 Å². The molecule has 0 heterocycles. The third kappa shape index (κ3) is 1.94. The largest absolute Gasteiger partial charge is 0.326 e. The van der Waals surface area contributed by atoms with Gasteiger partial charge in [-0.2, -0.15) is 0 Å². The molecule has 0 amide bonds. The predicted molar refractivity (Wildman–Crippen MR) is 59.8 cm³/mol. The maximum atomic E-state index is 5.69. The average Bonchev–Trinajstić information content (AvgIpc) is 2.71. The molecule has 0 unspecified atom stereocenters. The Morgan fingerprint density at radius 3 is 2.29 bits per heavy atom. The Morgan fingerprint density at radius 1 is 1.00 bits per heavy atom. The fraction of sp³-hybridized carbons (Fsp3) is 0.231. The van der Waals surface area contributed by atoms with E-state index in [9.17, 15) is 0 Å². The lowest BCUT2D eigenvalue weighted by Gasteiger charge is -2.09. The summed E-state index contributed by atoms with van der Waals surface area (Å²) in [6.45, 7) is 0.635. The van der Waals surface area contributed by atoms with Crippen molar-refractivity contribution in [3.63, 3.8) is 0 Å². The Hall–Kier alpha value is -1.34. The molecule has 1 aliphatic rings. The molecule has 0 saturated carbocycles. The van der Waals surface area contributed by atoms with Crippen LogP contribution in [0, 0.1) is 5.92 Å². The fourth-order valence-corrected chi connectivity index (χ4v) is 1.82. The predicted octanol–water partition coefficient (Wildman–Crippen LogP) is 2.43. The second-order valence-corrected chi connectivity index (χ2v) is 3.61. The molecule has 0 atom stereocenters. The molecule has 0 bridgehead atoms. The van der Waals surface area contributed by atoms with Gasteiger partial charge in [-0.1, -0.05) is 48.6 Å². The summed E-state index contributed by atoms with van der Waals surface area (Å²) in [6, 6.07) is 8.41. The van der Waals surface area contributed by atoms with Gasteiger partial charge in [-0.05, 0) is 23.5 Å². The minimum atomic E-state index is 0.558.